The molecule has 1 fully saturated rings. The number of nitrogens with zero attached hydrogens (tertiary/aromatic N) is 5. The van der Waals surface area contributed by atoms with Crippen molar-refractivity contribution in [3.8, 4) is 11.3 Å². The Bertz CT molecular complexity index is 1370. The van der Waals surface area contributed by atoms with Crippen LogP contribution in [-0.2, 0) is 0 Å². The maximum absolute atomic E-state index is 4.90. The Labute approximate surface area is 179 Å². The maximum atomic E-state index is 4.90. The standard InChI is InChI=1S/C24H23N7/c1-16-8-10-30(14-16)20-6-4-19(5-7-20)27-23-24-25-9-11-31(24)15-22(28-23)17-2-3-18-13-26-29-21(18)12-17/h2-7,9,11-13,15-16H,8,10,14H2,1H3,(H,26,29)(H,27,28). The topological polar surface area (TPSA) is 74.1 Å². The van der Waals surface area contributed by atoms with Crippen LogP contribution in [0.1, 0.15) is 13.3 Å². The summed E-state index contributed by atoms with van der Waals surface area (Å²) in [7, 11) is 0. The van der Waals surface area contributed by atoms with E-state index in [9.17, 15) is 0 Å². The number of nitrogens with one attached hydrogen (secondary N) is 2. The molecule has 6 rings (SSSR count). The molecule has 5 aromatic rings. The summed E-state index contributed by atoms with van der Waals surface area (Å²) in [5.74, 6) is 1.49. The van der Waals surface area contributed by atoms with E-state index in [1.807, 2.05) is 23.0 Å². The molecule has 2 N–H and O–H groups in total. The molecule has 2 aromatic carbocycles. The van der Waals surface area contributed by atoms with Crippen molar-refractivity contribution in [3.63, 3.8) is 0 Å². The van der Waals surface area contributed by atoms with Gasteiger partial charge in [-0.3, -0.25) is 5.10 Å². The number of imidazole rings is 1. The molecule has 31 heavy (non-hydrogen) atoms. The Kier molecular flexibility index (Phi) is 4.12. The molecule has 154 valence electrons. The maximum Gasteiger partial charge on any atom is 0.180 e. The summed E-state index contributed by atoms with van der Waals surface area (Å²) in [4.78, 5) is 11.8. The second kappa shape index (κ2) is 7.12. The van der Waals surface area contributed by atoms with Crippen LogP contribution in [0.25, 0.3) is 27.8 Å². The van der Waals surface area contributed by atoms with Gasteiger partial charge in [0.1, 0.15) is 0 Å². The molecular weight excluding hydrogens is 386 g/mol. The van der Waals surface area contributed by atoms with E-state index in [0.717, 1.165) is 58.3 Å². The van der Waals surface area contributed by atoms with Gasteiger partial charge in [-0.2, -0.15) is 5.10 Å². The molecule has 0 saturated carbocycles. The van der Waals surface area contributed by atoms with Crippen LogP contribution in [0, 0.1) is 5.92 Å². The highest BCUT2D eigenvalue weighted by atomic mass is 15.2. The monoisotopic (exact) mass is 409 g/mol. The highest BCUT2D eigenvalue weighted by Crippen LogP contribution is 2.28. The zero-order valence-corrected chi connectivity index (χ0v) is 17.3. The summed E-state index contributed by atoms with van der Waals surface area (Å²) >= 11 is 0. The summed E-state index contributed by atoms with van der Waals surface area (Å²) in [6, 6.07) is 14.8. The zero-order chi connectivity index (χ0) is 20.8. The Morgan fingerprint density at radius 3 is 2.87 bits per heavy atom. The highest BCUT2D eigenvalue weighted by molar-refractivity contribution is 5.84. The first-order valence-corrected chi connectivity index (χ1v) is 10.6. The van der Waals surface area contributed by atoms with Gasteiger partial charge >= 0.3 is 0 Å². The third-order valence-corrected chi connectivity index (χ3v) is 6.03. The van der Waals surface area contributed by atoms with E-state index in [0.29, 0.717) is 0 Å². The van der Waals surface area contributed by atoms with Gasteiger partial charge in [0.05, 0.1) is 17.4 Å². The molecule has 0 aliphatic carbocycles. The third-order valence-electron chi connectivity index (χ3n) is 6.03. The van der Waals surface area contributed by atoms with Crippen molar-refractivity contribution in [2.24, 2.45) is 5.92 Å². The molecule has 1 aliphatic rings. The number of benzene rings is 2. The SMILES string of the molecule is CC1CCN(c2ccc(Nc3nc(-c4ccc5cn[nH]c5c4)cn4ccnc34)cc2)C1. The molecule has 3 aromatic heterocycles. The molecular formula is C24H23N7. The average molecular weight is 409 g/mol. The van der Waals surface area contributed by atoms with E-state index < -0.39 is 0 Å². The summed E-state index contributed by atoms with van der Waals surface area (Å²) in [5.41, 5.74) is 5.95. The molecule has 4 heterocycles. The van der Waals surface area contributed by atoms with Crippen LogP contribution in [0.4, 0.5) is 17.2 Å². The number of rotatable bonds is 4. The van der Waals surface area contributed by atoms with Gasteiger partial charge in [-0.1, -0.05) is 19.1 Å². The summed E-state index contributed by atoms with van der Waals surface area (Å²) < 4.78 is 2.00. The van der Waals surface area contributed by atoms with Crippen LogP contribution in [0.3, 0.4) is 0 Å². The lowest BCUT2D eigenvalue weighted by molar-refractivity contribution is 0.659. The van der Waals surface area contributed by atoms with Gasteiger partial charge in [0.15, 0.2) is 11.5 Å². The van der Waals surface area contributed by atoms with Crippen LogP contribution in [0.5, 0.6) is 0 Å². The number of aromatic nitrogens is 5. The minimum Gasteiger partial charge on any atom is -0.371 e. The van der Waals surface area contributed by atoms with Gasteiger partial charge in [0.25, 0.3) is 0 Å². The van der Waals surface area contributed by atoms with E-state index in [1.54, 1.807) is 6.20 Å². The highest BCUT2D eigenvalue weighted by Gasteiger charge is 2.18. The van der Waals surface area contributed by atoms with E-state index in [4.69, 9.17) is 4.98 Å². The van der Waals surface area contributed by atoms with Crippen LogP contribution >= 0.6 is 0 Å². The first kappa shape index (κ1) is 17.9. The summed E-state index contributed by atoms with van der Waals surface area (Å²) in [6.45, 7) is 4.58. The lowest BCUT2D eigenvalue weighted by Gasteiger charge is -2.18. The van der Waals surface area contributed by atoms with Gasteiger partial charge in [-0.05, 0) is 42.7 Å². The molecule has 7 heteroatoms. The van der Waals surface area contributed by atoms with Gasteiger partial charge in [0, 0.05) is 54.0 Å². The third kappa shape index (κ3) is 3.28. The van der Waals surface area contributed by atoms with E-state index in [2.05, 4.69) is 74.8 Å². The fourth-order valence-corrected chi connectivity index (χ4v) is 4.31. The summed E-state index contributed by atoms with van der Waals surface area (Å²) in [6.07, 6.45) is 8.83. The van der Waals surface area contributed by atoms with E-state index in [1.165, 1.54) is 12.1 Å². The molecule has 1 saturated heterocycles. The fraction of sp³-hybridized carbons (Fsp3) is 0.208. The first-order chi connectivity index (χ1) is 15.2. The minimum absolute atomic E-state index is 0.731. The molecule has 0 spiro atoms. The van der Waals surface area contributed by atoms with Crippen LogP contribution < -0.4 is 10.2 Å². The largest absolute Gasteiger partial charge is 0.371 e. The predicted octanol–water partition coefficient (Wildman–Crippen LogP) is 4.86. The van der Waals surface area contributed by atoms with Gasteiger partial charge in [0.2, 0.25) is 0 Å². The van der Waals surface area contributed by atoms with Crippen LogP contribution in [0.2, 0.25) is 0 Å². The van der Waals surface area contributed by atoms with Crippen molar-refractivity contribution in [1.29, 1.82) is 0 Å². The average Bonchev–Trinajstić information content (AvgIpc) is 3.54. The second-order valence-electron chi connectivity index (χ2n) is 8.32. The van der Waals surface area contributed by atoms with Crippen molar-refractivity contribution in [2.45, 2.75) is 13.3 Å². The Morgan fingerprint density at radius 2 is 2.03 bits per heavy atom. The minimum atomic E-state index is 0.731. The van der Waals surface area contributed by atoms with Crippen LogP contribution in [-0.4, -0.2) is 37.7 Å². The van der Waals surface area contributed by atoms with Crippen molar-refractivity contribution < 1.29 is 0 Å². The normalized spacial score (nSPS) is 16.4. The van der Waals surface area contributed by atoms with Gasteiger partial charge in [-0.15, -0.1) is 0 Å². The van der Waals surface area contributed by atoms with E-state index in [-0.39, 0.29) is 0 Å². The number of H-pyrrole nitrogens is 1. The second-order valence-corrected chi connectivity index (χ2v) is 8.32. The lowest BCUT2D eigenvalue weighted by Crippen LogP contribution is -2.18. The lowest BCUT2D eigenvalue weighted by atomic mass is 10.1. The summed E-state index contributed by atoms with van der Waals surface area (Å²) in [5, 5.41) is 11.7. The number of anilines is 3. The number of hydrogen-bond acceptors (Lipinski definition) is 5. The molecule has 0 bridgehead atoms. The van der Waals surface area contributed by atoms with Crippen molar-refractivity contribution in [1.82, 2.24) is 24.6 Å². The molecule has 1 unspecified atom stereocenters. The molecule has 1 atom stereocenters. The van der Waals surface area contributed by atoms with Crippen molar-refractivity contribution in [2.75, 3.05) is 23.3 Å². The quantitative estimate of drug-likeness (QED) is 0.443. The zero-order valence-electron chi connectivity index (χ0n) is 17.3. The van der Waals surface area contributed by atoms with Gasteiger partial charge < -0.3 is 14.6 Å². The van der Waals surface area contributed by atoms with Crippen LogP contribution in [0.15, 0.2) is 67.3 Å². The Morgan fingerprint density at radius 1 is 1.13 bits per heavy atom. The predicted molar refractivity (Wildman–Crippen MR) is 124 cm³/mol. The molecule has 0 amide bonds. The van der Waals surface area contributed by atoms with Crippen molar-refractivity contribution >= 4 is 33.7 Å². The number of fused-ring (bicyclic) bond motifs is 2. The first-order valence-electron chi connectivity index (χ1n) is 10.6. The van der Waals surface area contributed by atoms with Crippen molar-refractivity contribution in [3.05, 3.63) is 67.3 Å². The number of hydrogen-bond donors (Lipinski definition) is 2. The Hall–Kier alpha value is -3.87. The molecule has 1 aliphatic heterocycles. The smallest absolute Gasteiger partial charge is 0.180 e. The number of aromatic amines is 1. The van der Waals surface area contributed by atoms with E-state index >= 15 is 0 Å². The fourth-order valence-electron chi connectivity index (χ4n) is 4.31. The Balaban J connectivity index is 1.34. The molecule has 7 nitrogen and oxygen atoms in total. The molecule has 0 radical (unpaired) electrons. The van der Waals surface area contributed by atoms with Gasteiger partial charge in [-0.25, -0.2) is 9.97 Å².